The predicted molar refractivity (Wildman–Crippen MR) is 65.9 cm³/mol. The fourth-order valence-electron chi connectivity index (χ4n) is 2.89. The molecule has 14 heavy (non-hydrogen) atoms. The van der Waals surface area contributed by atoms with E-state index in [1.54, 1.807) is 0 Å². The minimum atomic E-state index is -1.03. The molecule has 1 heteroatoms. The zero-order chi connectivity index (χ0) is 10.2. The van der Waals surface area contributed by atoms with Crippen LogP contribution in [0.3, 0.4) is 0 Å². The second-order valence-electron chi connectivity index (χ2n) is 5.77. The van der Waals surface area contributed by atoms with Gasteiger partial charge in [0.25, 0.3) is 0 Å². The molecular weight excluding hydrogens is 184 g/mol. The van der Waals surface area contributed by atoms with Crippen LogP contribution in [-0.2, 0) is 0 Å². The predicted octanol–water partition coefficient (Wildman–Crippen LogP) is 4.02. The van der Waals surface area contributed by atoms with Gasteiger partial charge in [-0.2, -0.15) is 0 Å². The average Bonchev–Trinajstić information content (AvgIpc) is 2.76. The highest BCUT2D eigenvalue weighted by atomic mass is 28.3. The number of fused-ring (bicyclic) bond motifs is 2. The molecule has 0 spiro atoms. The Balaban J connectivity index is 1.82. The Morgan fingerprint density at radius 1 is 1.36 bits per heavy atom. The normalized spacial score (nSPS) is 35.1. The summed E-state index contributed by atoms with van der Waals surface area (Å²) in [5.41, 5.74) is 2.25. The second kappa shape index (κ2) is 3.69. The van der Waals surface area contributed by atoms with Gasteiger partial charge in [-0.1, -0.05) is 37.7 Å². The van der Waals surface area contributed by atoms with E-state index in [4.69, 9.17) is 0 Å². The van der Waals surface area contributed by atoms with E-state index >= 15 is 0 Å². The number of hydrogen-bond acceptors (Lipinski definition) is 0. The van der Waals surface area contributed by atoms with Gasteiger partial charge in [0.15, 0.2) is 0 Å². The van der Waals surface area contributed by atoms with Crippen LogP contribution >= 0.6 is 0 Å². The van der Waals surface area contributed by atoms with E-state index in [1.807, 2.05) is 0 Å². The van der Waals surface area contributed by atoms with Crippen LogP contribution in [0.1, 0.15) is 19.3 Å². The summed E-state index contributed by atoms with van der Waals surface area (Å²) in [6, 6.07) is 1.44. The molecule has 1 fully saturated rings. The van der Waals surface area contributed by atoms with E-state index in [9.17, 15) is 0 Å². The molecule has 78 valence electrons. The standard InChI is InChI=1S/C13H22Si/c1-4-14(2,3)8-7-13-10-11-5-6-12(13)9-11/h4-6,11-13H,1,7-10H2,2-3H3. The highest BCUT2D eigenvalue weighted by molar-refractivity contribution is 6.82. The molecule has 0 aliphatic heterocycles. The molecule has 0 saturated heterocycles. The lowest BCUT2D eigenvalue weighted by Gasteiger charge is -2.23. The SMILES string of the molecule is C=C[Si](C)(C)CCC1CC2C=CC1C2. The molecule has 2 aliphatic rings. The van der Waals surface area contributed by atoms with Crippen LogP contribution in [0.4, 0.5) is 0 Å². The first kappa shape index (κ1) is 10.2. The molecule has 3 atom stereocenters. The molecule has 0 amide bonds. The summed E-state index contributed by atoms with van der Waals surface area (Å²) >= 11 is 0. The summed E-state index contributed by atoms with van der Waals surface area (Å²) in [6.45, 7) is 8.84. The van der Waals surface area contributed by atoms with Gasteiger partial charge >= 0.3 is 0 Å². The van der Waals surface area contributed by atoms with E-state index in [2.05, 4.69) is 37.5 Å². The summed E-state index contributed by atoms with van der Waals surface area (Å²) in [5, 5.41) is 0. The first-order valence-electron chi connectivity index (χ1n) is 5.93. The fraction of sp³-hybridized carbons (Fsp3) is 0.692. The first-order valence-corrected chi connectivity index (χ1v) is 9.21. The molecule has 0 aromatic heterocycles. The van der Waals surface area contributed by atoms with E-state index < -0.39 is 8.07 Å². The molecule has 0 N–H and O–H groups in total. The van der Waals surface area contributed by atoms with Gasteiger partial charge in [0.2, 0.25) is 0 Å². The van der Waals surface area contributed by atoms with Gasteiger partial charge in [0.1, 0.15) is 0 Å². The van der Waals surface area contributed by atoms with Crippen molar-refractivity contribution in [2.24, 2.45) is 17.8 Å². The van der Waals surface area contributed by atoms with Crippen molar-refractivity contribution in [2.45, 2.75) is 38.4 Å². The smallest absolute Gasteiger partial charge is 0.0709 e. The highest BCUT2D eigenvalue weighted by Crippen LogP contribution is 2.45. The van der Waals surface area contributed by atoms with Gasteiger partial charge in [0.05, 0.1) is 8.07 Å². The second-order valence-corrected chi connectivity index (χ2v) is 10.7. The number of hydrogen-bond donors (Lipinski definition) is 0. The topological polar surface area (TPSA) is 0 Å². The Morgan fingerprint density at radius 2 is 2.14 bits per heavy atom. The molecule has 0 aromatic rings. The molecule has 0 radical (unpaired) electrons. The molecule has 0 heterocycles. The summed E-state index contributed by atoms with van der Waals surface area (Å²) in [5.74, 6) is 2.89. The van der Waals surface area contributed by atoms with Gasteiger partial charge in [0, 0.05) is 0 Å². The number of allylic oxidation sites excluding steroid dienone is 2. The van der Waals surface area contributed by atoms with Crippen LogP contribution < -0.4 is 0 Å². The minimum absolute atomic E-state index is 0.939. The maximum Gasteiger partial charge on any atom is 0.0709 e. The molecule has 1 saturated carbocycles. The van der Waals surface area contributed by atoms with Crippen LogP contribution in [0.25, 0.3) is 0 Å². The van der Waals surface area contributed by atoms with Crippen molar-refractivity contribution in [3.63, 3.8) is 0 Å². The largest absolute Gasteiger partial charge is 0.107 e. The van der Waals surface area contributed by atoms with Gasteiger partial charge in [-0.05, 0) is 30.6 Å². The van der Waals surface area contributed by atoms with Crippen LogP contribution in [0.15, 0.2) is 24.4 Å². The third kappa shape index (κ3) is 2.03. The van der Waals surface area contributed by atoms with Crippen molar-refractivity contribution in [1.82, 2.24) is 0 Å². The Kier molecular flexibility index (Phi) is 2.69. The lowest BCUT2D eigenvalue weighted by Crippen LogP contribution is -2.23. The Hall–Kier alpha value is -0.303. The summed E-state index contributed by atoms with van der Waals surface area (Å²) in [6.07, 6.45) is 9.30. The Labute approximate surface area is 89.1 Å². The molecule has 0 nitrogen and oxygen atoms in total. The van der Waals surface area contributed by atoms with Crippen LogP contribution in [0.5, 0.6) is 0 Å². The molecule has 0 aromatic carbocycles. The third-order valence-electron chi connectivity index (χ3n) is 4.13. The van der Waals surface area contributed by atoms with E-state index in [1.165, 1.54) is 25.3 Å². The van der Waals surface area contributed by atoms with Crippen LogP contribution in [-0.4, -0.2) is 8.07 Å². The minimum Gasteiger partial charge on any atom is -0.107 e. The number of rotatable bonds is 4. The van der Waals surface area contributed by atoms with Gasteiger partial charge < -0.3 is 0 Å². The van der Waals surface area contributed by atoms with Crippen molar-refractivity contribution in [2.75, 3.05) is 0 Å². The quantitative estimate of drug-likeness (QED) is 0.481. The van der Waals surface area contributed by atoms with Crippen molar-refractivity contribution >= 4 is 8.07 Å². The highest BCUT2D eigenvalue weighted by Gasteiger charge is 2.35. The summed E-state index contributed by atoms with van der Waals surface area (Å²) in [4.78, 5) is 0. The van der Waals surface area contributed by atoms with Gasteiger partial charge in [-0.25, -0.2) is 0 Å². The Morgan fingerprint density at radius 3 is 2.64 bits per heavy atom. The maximum absolute atomic E-state index is 3.97. The van der Waals surface area contributed by atoms with Gasteiger partial charge in [-0.3, -0.25) is 0 Å². The molecule has 2 bridgehead atoms. The molecular formula is C13H22Si. The molecule has 2 aliphatic carbocycles. The summed E-state index contributed by atoms with van der Waals surface area (Å²) in [7, 11) is -1.03. The first-order chi connectivity index (χ1) is 6.61. The Bertz CT molecular complexity index is 252. The van der Waals surface area contributed by atoms with E-state index in [-0.39, 0.29) is 0 Å². The zero-order valence-corrected chi connectivity index (χ0v) is 10.5. The van der Waals surface area contributed by atoms with E-state index in [0.29, 0.717) is 0 Å². The average molecular weight is 206 g/mol. The van der Waals surface area contributed by atoms with Gasteiger partial charge in [-0.15, -0.1) is 12.3 Å². The molecule has 3 unspecified atom stereocenters. The van der Waals surface area contributed by atoms with Crippen LogP contribution in [0.2, 0.25) is 19.1 Å². The van der Waals surface area contributed by atoms with Crippen molar-refractivity contribution in [3.05, 3.63) is 24.4 Å². The monoisotopic (exact) mass is 206 g/mol. The third-order valence-corrected chi connectivity index (χ3v) is 6.81. The maximum atomic E-state index is 3.97. The molecule has 2 rings (SSSR count). The summed E-state index contributed by atoms with van der Waals surface area (Å²) < 4.78 is 0. The fourth-order valence-corrected chi connectivity index (χ4v) is 4.20. The van der Waals surface area contributed by atoms with Crippen LogP contribution in [0, 0.1) is 17.8 Å². The lowest BCUT2D eigenvalue weighted by atomic mass is 9.91. The van der Waals surface area contributed by atoms with Crippen molar-refractivity contribution < 1.29 is 0 Å². The van der Waals surface area contributed by atoms with E-state index in [0.717, 1.165) is 17.8 Å². The lowest BCUT2D eigenvalue weighted by molar-refractivity contribution is 0.432. The zero-order valence-electron chi connectivity index (χ0n) is 9.50. The van der Waals surface area contributed by atoms with Crippen molar-refractivity contribution in [1.29, 1.82) is 0 Å². The van der Waals surface area contributed by atoms with Crippen molar-refractivity contribution in [3.8, 4) is 0 Å².